The van der Waals surface area contributed by atoms with Crippen molar-refractivity contribution < 1.29 is 22.8 Å². The third-order valence-corrected chi connectivity index (χ3v) is 5.65. The molecule has 4 rings (SSSR count). The molecule has 2 atom stereocenters. The van der Waals surface area contributed by atoms with Crippen molar-refractivity contribution in [2.24, 2.45) is 0 Å². The van der Waals surface area contributed by atoms with Crippen LogP contribution in [0.25, 0.3) is 5.65 Å². The molecule has 0 aromatic carbocycles. The maximum atomic E-state index is 13.1. The normalized spacial score (nSPS) is 21.4. The third kappa shape index (κ3) is 4.40. The van der Waals surface area contributed by atoms with Gasteiger partial charge in [-0.1, -0.05) is 0 Å². The second kappa shape index (κ2) is 7.86. The van der Waals surface area contributed by atoms with Gasteiger partial charge in [-0.2, -0.15) is 13.2 Å². The van der Waals surface area contributed by atoms with Crippen LogP contribution in [-0.2, 0) is 11.0 Å². The molecule has 30 heavy (non-hydrogen) atoms. The van der Waals surface area contributed by atoms with Crippen LogP contribution in [0.4, 0.5) is 18.0 Å². The van der Waals surface area contributed by atoms with Gasteiger partial charge in [0.1, 0.15) is 5.82 Å². The first-order chi connectivity index (χ1) is 14.2. The number of alkyl halides is 3. The van der Waals surface area contributed by atoms with Gasteiger partial charge in [0.15, 0.2) is 5.65 Å². The van der Waals surface area contributed by atoms with Crippen molar-refractivity contribution in [3.63, 3.8) is 0 Å². The highest BCUT2D eigenvalue weighted by atomic mass is 19.4. The summed E-state index contributed by atoms with van der Waals surface area (Å²) in [6.45, 7) is 2.81. The first-order valence-electron chi connectivity index (χ1n) is 9.99. The first kappa shape index (κ1) is 20.6. The molecule has 11 heteroatoms. The molecule has 2 fully saturated rings. The molecule has 1 saturated carbocycles. The van der Waals surface area contributed by atoms with Crippen molar-refractivity contribution in [2.75, 3.05) is 13.1 Å². The number of carbonyl (C=O) groups excluding carboxylic acids is 2. The van der Waals surface area contributed by atoms with Crippen molar-refractivity contribution in [1.82, 2.24) is 30.1 Å². The number of pyridine rings is 1. The van der Waals surface area contributed by atoms with Gasteiger partial charge in [-0.3, -0.25) is 19.4 Å². The van der Waals surface area contributed by atoms with Gasteiger partial charge < -0.3 is 5.32 Å². The second-order valence-electron chi connectivity index (χ2n) is 7.95. The van der Waals surface area contributed by atoms with E-state index in [0.29, 0.717) is 24.6 Å². The molecule has 0 bridgehead atoms. The summed E-state index contributed by atoms with van der Waals surface area (Å²) >= 11 is 0. The van der Waals surface area contributed by atoms with Crippen LogP contribution in [0.3, 0.4) is 0 Å². The van der Waals surface area contributed by atoms with Crippen LogP contribution in [0.5, 0.6) is 0 Å². The van der Waals surface area contributed by atoms with Gasteiger partial charge in [0, 0.05) is 24.7 Å². The highest BCUT2D eigenvalue weighted by Crippen LogP contribution is 2.31. The standard InChI is InChI=1S/C19H23F3N6O2/c1-11(17(29)24-18(30)23-14-5-6-14)27-8-2-3-12(9-27)16-26-25-15-7-4-13(10-28(15)16)19(20,21)22/h4,7,10-12,14H,2-3,5-6,8-9H2,1H3,(H2,23,24,29,30). The number of nitrogens with zero attached hydrogens (tertiary/aromatic N) is 4. The first-order valence-corrected chi connectivity index (χ1v) is 9.99. The molecule has 2 aromatic rings. The quantitative estimate of drug-likeness (QED) is 0.786. The summed E-state index contributed by atoms with van der Waals surface area (Å²) < 4.78 is 40.7. The fourth-order valence-electron chi connectivity index (χ4n) is 3.75. The van der Waals surface area contributed by atoms with E-state index in [-0.39, 0.29) is 12.0 Å². The largest absolute Gasteiger partial charge is 0.417 e. The maximum Gasteiger partial charge on any atom is 0.417 e. The number of halogens is 3. The monoisotopic (exact) mass is 424 g/mol. The number of nitrogens with one attached hydrogen (secondary N) is 2. The lowest BCUT2D eigenvalue weighted by Gasteiger charge is -2.35. The number of hydrogen-bond acceptors (Lipinski definition) is 5. The zero-order valence-electron chi connectivity index (χ0n) is 16.4. The number of hydrogen-bond donors (Lipinski definition) is 2. The number of rotatable bonds is 4. The van der Waals surface area contributed by atoms with Gasteiger partial charge >= 0.3 is 12.2 Å². The predicted octanol–water partition coefficient (Wildman–Crippen LogP) is 2.30. The molecule has 2 aliphatic rings. The van der Waals surface area contributed by atoms with Crippen LogP contribution in [0.15, 0.2) is 18.3 Å². The summed E-state index contributed by atoms with van der Waals surface area (Å²) in [6, 6.07) is 1.39. The minimum atomic E-state index is -4.46. The van der Waals surface area contributed by atoms with E-state index in [1.807, 2.05) is 4.90 Å². The number of fused-ring (bicyclic) bond motifs is 1. The lowest BCUT2D eigenvalue weighted by atomic mass is 9.96. The number of urea groups is 1. The molecule has 2 aromatic heterocycles. The minimum absolute atomic E-state index is 0.148. The summed E-state index contributed by atoms with van der Waals surface area (Å²) in [6.07, 6.45) is -0.112. The average Bonchev–Trinajstić information content (AvgIpc) is 3.41. The average molecular weight is 424 g/mol. The Morgan fingerprint density at radius 3 is 2.67 bits per heavy atom. The number of carbonyl (C=O) groups is 2. The van der Waals surface area contributed by atoms with E-state index in [0.717, 1.165) is 37.9 Å². The molecule has 1 aliphatic carbocycles. The summed E-state index contributed by atoms with van der Waals surface area (Å²) in [5.74, 6) is -0.132. The highest BCUT2D eigenvalue weighted by Gasteiger charge is 2.34. The molecule has 1 saturated heterocycles. The molecule has 1 aliphatic heterocycles. The molecule has 3 amide bonds. The highest BCUT2D eigenvalue weighted by molar-refractivity contribution is 5.97. The van der Waals surface area contributed by atoms with E-state index in [1.165, 1.54) is 10.5 Å². The van der Waals surface area contributed by atoms with E-state index in [2.05, 4.69) is 20.8 Å². The summed E-state index contributed by atoms with van der Waals surface area (Å²) in [7, 11) is 0. The SMILES string of the molecule is CC(C(=O)NC(=O)NC1CC1)N1CCCC(c2nnc3ccc(C(F)(F)F)cn23)C1. The van der Waals surface area contributed by atoms with E-state index in [1.54, 1.807) is 6.92 Å². The Kier molecular flexibility index (Phi) is 5.39. The molecule has 3 heterocycles. The van der Waals surface area contributed by atoms with Gasteiger partial charge in [0.2, 0.25) is 5.91 Å². The van der Waals surface area contributed by atoms with Crippen LogP contribution in [0.1, 0.15) is 49.9 Å². The Morgan fingerprint density at radius 2 is 1.97 bits per heavy atom. The Labute approximate surface area is 170 Å². The van der Waals surface area contributed by atoms with E-state index in [9.17, 15) is 22.8 Å². The second-order valence-corrected chi connectivity index (χ2v) is 7.95. The Hall–Kier alpha value is -2.69. The van der Waals surface area contributed by atoms with Crippen LogP contribution >= 0.6 is 0 Å². The van der Waals surface area contributed by atoms with Crippen molar-refractivity contribution in [1.29, 1.82) is 0 Å². The van der Waals surface area contributed by atoms with Gasteiger partial charge in [0.25, 0.3) is 0 Å². The molecule has 162 valence electrons. The Morgan fingerprint density at radius 1 is 1.20 bits per heavy atom. The van der Waals surface area contributed by atoms with Crippen molar-refractivity contribution in [2.45, 2.75) is 56.8 Å². The number of piperidine rings is 1. The zero-order valence-corrected chi connectivity index (χ0v) is 16.4. The lowest BCUT2D eigenvalue weighted by molar-refractivity contribution is -0.137. The van der Waals surface area contributed by atoms with Gasteiger partial charge in [0.05, 0.1) is 11.6 Å². The molecular weight excluding hydrogens is 401 g/mol. The van der Waals surface area contributed by atoms with E-state index in [4.69, 9.17) is 0 Å². The van der Waals surface area contributed by atoms with Crippen LogP contribution < -0.4 is 10.6 Å². The minimum Gasteiger partial charge on any atom is -0.335 e. The zero-order chi connectivity index (χ0) is 21.5. The Bertz CT molecular complexity index is 955. The Balaban J connectivity index is 1.47. The summed E-state index contributed by atoms with van der Waals surface area (Å²) in [5, 5.41) is 13.2. The lowest BCUT2D eigenvalue weighted by Crippen LogP contribution is -2.52. The molecule has 2 N–H and O–H groups in total. The number of imide groups is 1. The fourth-order valence-corrected chi connectivity index (χ4v) is 3.75. The topological polar surface area (TPSA) is 91.6 Å². The van der Waals surface area contributed by atoms with Gasteiger partial charge in [-0.05, 0) is 51.3 Å². The molecule has 0 radical (unpaired) electrons. The summed E-state index contributed by atoms with van der Waals surface area (Å²) in [4.78, 5) is 26.2. The molecule has 2 unspecified atom stereocenters. The maximum absolute atomic E-state index is 13.1. The molecular formula is C19H23F3N6O2. The number of amides is 3. The van der Waals surface area contributed by atoms with Gasteiger partial charge in [-0.25, -0.2) is 4.79 Å². The number of likely N-dealkylation sites (tertiary alicyclic amines) is 1. The van der Waals surface area contributed by atoms with Crippen LogP contribution in [0, 0.1) is 0 Å². The smallest absolute Gasteiger partial charge is 0.335 e. The third-order valence-electron chi connectivity index (χ3n) is 5.65. The van der Waals surface area contributed by atoms with Crippen LogP contribution in [-0.4, -0.2) is 56.6 Å². The fraction of sp³-hybridized carbons (Fsp3) is 0.579. The van der Waals surface area contributed by atoms with Gasteiger partial charge in [-0.15, -0.1) is 10.2 Å². The molecule has 8 nitrogen and oxygen atoms in total. The van der Waals surface area contributed by atoms with Crippen molar-refractivity contribution in [3.8, 4) is 0 Å². The predicted molar refractivity (Wildman–Crippen MR) is 101 cm³/mol. The summed E-state index contributed by atoms with van der Waals surface area (Å²) in [5.41, 5.74) is -0.421. The van der Waals surface area contributed by atoms with Crippen molar-refractivity contribution in [3.05, 3.63) is 29.7 Å². The van der Waals surface area contributed by atoms with Crippen molar-refractivity contribution >= 4 is 17.6 Å². The molecule has 0 spiro atoms. The van der Waals surface area contributed by atoms with Crippen LogP contribution in [0.2, 0.25) is 0 Å². The van der Waals surface area contributed by atoms with E-state index >= 15 is 0 Å². The number of aromatic nitrogens is 3. The van der Waals surface area contributed by atoms with E-state index < -0.39 is 29.7 Å².